The number of hydrogen-bond donors (Lipinski definition) is 0. The molecule has 80 valence electrons. The zero-order chi connectivity index (χ0) is 10.3. The molecule has 3 aliphatic rings. The van der Waals surface area contributed by atoms with E-state index in [9.17, 15) is 0 Å². The highest BCUT2D eigenvalue weighted by atomic mass is 79.9. The zero-order valence-electron chi connectivity index (χ0n) is 8.69. The molecule has 0 radical (unpaired) electrons. The molecule has 0 amide bonds. The molecular formula is C12H15BrN2. The first-order valence-electron chi connectivity index (χ1n) is 5.72. The van der Waals surface area contributed by atoms with Gasteiger partial charge in [-0.25, -0.2) is 4.98 Å². The maximum atomic E-state index is 4.50. The number of aromatic nitrogens is 1. The van der Waals surface area contributed by atoms with Gasteiger partial charge in [0.15, 0.2) is 0 Å². The lowest BCUT2D eigenvalue weighted by Crippen LogP contribution is -2.48. The Morgan fingerprint density at radius 3 is 2.67 bits per heavy atom. The zero-order valence-corrected chi connectivity index (χ0v) is 10.3. The van der Waals surface area contributed by atoms with Crippen molar-refractivity contribution in [3.05, 3.63) is 22.8 Å². The van der Waals surface area contributed by atoms with Gasteiger partial charge < -0.3 is 4.90 Å². The van der Waals surface area contributed by atoms with Crippen LogP contribution >= 0.6 is 15.9 Å². The van der Waals surface area contributed by atoms with Crippen LogP contribution in [0.25, 0.3) is 0 Å². The van der Waals surface area contributed by atoms with E-state index in [1.165, 1.54) is 32.2 Å². The molecule has 2 saturated heterocycles. The predicted molar refractivity (Wildman–Crippen MR) is 65.0 cm³/mol. The average molecular weight is 267 g/mol. The van der Waals surface area contributed by atoms with Crippen molar-refractivity contribution in [3.63, 3.8) is 0 Å². The summed E-state index contributed by atoms with van der Waals surface area (Å²) in [6.07, 6.45) is 7.45. The van der Waals surface area contributed by atoms with Crippen molar-refractivity contribution in [2.45, 2.75) is 31.7 Å². The van der Waals surface area contributed by atoms with Gasteiger partial charge in [0.05, 0.1) is 4.47 Å². The van der Waals surface area contributed by atoms with Gasteiger partial charge in [0.1, 0.15) is 5.82 Å². The van der Waals surface area contributed by atoms with Crippen LogP contribution in [0.3, 0.4) is 0 Å². The molecule has 1 saturated carbocycles. The van der Waals surface area contributed by atoms with Crippen LogP contribution in [-0.2, 0) is 0 Å². The second-order valence-corrected chi connectivity index (χ2v) is 5.49. The minimum Gasteiger partial charge on any atom is -0.352 e. The Hall–Kier alpha value is -0.570. The molecule has 2 aliphatic heterocycles. The van der Waals surface area contributed by atoms with Crippen LogP contribution in [0.15, 0.2) is 22.8 Å². The molecule has 15 heavy (non-hydrogen) atoms. The van der Waals surface area contributed by atoms with Crippen molar-refractivity contribution in [1.29, 1.82) is 0 Å². The summed E-state index contributed by atoms with van der Waals surface area (Å²) in [5.41, 5.74) is 0. The lowest BCUT2D eigenvalue weighted by molar-refractivity contribution is 0.250. The second-order valence-electron chi connectivity index (χ2n) is 4.64. The smallest absolute Gasteiger partial charge is 0.143 e. The van der Waals surface area contributed by atoms with Gasteiger partial charge in [-0.3, -0.25) is 0 Å². The van der Waals surface area contributed by atoms with Gasteiger partial charge in [0, 0.05) is 18.8 Å². The van der Waals surface area contributed by atoms with Crippen LogP contribution in [0.5, 0.6) is 0 Å². The van der Waals surface area contributed by atoms with E-state index in [-0.39, 0.29) is 0 Å². The summed E-state index contributed by atoms with van der Waals surface area (Å²) in [4.78, 5) is 7.00. The maximum absolute atomic E-state index is 4.50. The lowest BCUT2D eigenvalue weighted by atomic mass is 9.80. The SMILES string of the molecule is Brc1cccnc1N1CC2CCC1CC2. The highest BCUT2D eigenvalue weighted by Crippen LogP contribution is 2.38. The molecule has 0 atom stereocenters. The molecule has 2 bridgehead atoms. The topological polar surface area (TPSA) is 16.1 Å². The Labute approximate surface area is 98.8 Å². The summed E-state index contributed by atoms with van der Waals surface area (Å²) in [6, 6.07) is 4.81. The first-order valence-corrected chi connectivity index (χ1v) is 6.51. The van der Waals surface area contributed by atoms with Gasteiger partial charge in [-0.15, -0.1) is 0 Å². The van der Waals surface area contributed by atoms with E-state index in [2.05, 4.69) is 31.9 Å². The molecule has 4 rings (SSSR count). The summed E-state index contributed by atoms with van der Waals surface area (Å²) in [6.45, 7) is 1.21. The maximum Gasteiger partial charge on any atom is 0.143 e. The van der Waals surface area contributed by atoms with Crippen LogP contribution in [0.1, 0.15) is 25.7 Å². The molecule has 3 fully saturated rings. The highest BCUT2D eigenvalue weighted by molar-refractivity contribution is 9.10. The van der Waals surface area contributed by atoms with Crippen LogP contribution in [-0.4, -0.2) is 17.6 Å². The van der Waals surface area contributed by atoms with Gasteiger partial charge in [-0.05, 0) is 59.7 Å². The monoisotopic (exact) mass is 266 g/mol. The van der Waals surface area contributed by atoms with Gasteiger partial charge >= 0.3 is 0 Å². The third-order valence-corrected chi connectivity index (χ3v) is 4.34. The van der Waals surface area contributed by atoms with Crippen molar-refractivity contribution in [2.24, 2.45) is 5.92 Å². The number of halogens is 1. The Kier molecular flexibility index (Phi) is 2.43. The first kappa shape index (κ1) is 9.64. The molecule has 1 aromatic heterocycles. The molecule has 3 heterocycles. The highest BCUT2D eigenvalue weighted by Gasteiger charge is 2.34. The van der Waals surface area contributed by atoms with E-state index < -0.39 is 0 Å². The molecule has 0 unspecified atom stereocenters. The van der Waals surface area contributed by atoms with Gasteiger partial charge in [0.25, 0.3) is 0 Å². The molecule has 1 aromatic rings. The molecule has 3 heteroatoms. The largest absolute Gasteiger partial charge is 0.352 e. The fourth-order valence-corrected chi connectivity index (χ4v) is 3.40. The number of pyridine rings is 1. The van der Waals surface area contributed by atoms with E-state index in [1.807, 2.05) is 12.3 Å². The lowest BCUT2D eigenvalue weighted by Gasteiger charge is -2.46. The normalized spacial score (nSPS) is 29.5. The van der Waals surface area contributed by atoms with Crippen LogP contribution in [0, 0.1) is 5.92 Å². The number of piperidine rings is 2. The van der Waals surface area contributed by atoms with E-state index in [0.717, 1.165) is 22.3 Å². The second kappa shape index (κ2) is 3.78. The summed E-state index contributed by atoms with van der Waals surface area (Å²) in [5, 5.41) is 0. The van der Waals surface area contributed by atoms with Crippen LogP contribution < -0.4 is 4.90 Å². The first-order chi connectivity index (χ1) is 7.34. The minimum atomic E-state index is 0.737. The quantitative estimate of drug-likeness (QED) is 0.776. The van der Waals surface area contributed by atoms with Crippen molar-refractivity contribution in [3.8, 4) is 0 Å². The number of rotatable bonds is 1. The van der Waals surface area contributed by atoms with Crippen molar-refractivity contribution in [2.75, 3.05) is 11.4 Å². The summed E-state index contributed by atoms with van der Waals surface area (Å²) in [7, 11) is 0. The van der Waals surface area contributed by atoms with Crippen LogP contribution in [0.4, 0.5) is 5.82 Å². The molecule has 2 nitrogen and oxygen atoms in total. The number of fused-ring (bicyclic) bond motifs is 3. The fourth-order valence-electron chi connectivity index (χ4n) is 2.91. The van der Waals surface area contributed by atoms with Crippen molar-refractivity contribution in [1.82, 2.24) is 4.98 Å². The van der Waals surface area contributed by atoms with Gasteiger partial charge in [-0.2, -0.15) is 0 Å². The molecule has 0 aromatic carbocycles. The molecule has 1 aliphatic carbocycles. The fraction of sp³-hybridized carbons (Fsp3) is 0.583. The molecule has 0 spiro atoms. The average Bonchev–Trinajstić information content (AvgIpc) is 2.31. The minimum absolute atomic E-state index is 0.737. The van der Waals surface area contributed by atoms with E-state index in [1.54, 1.807) is 0 Å². The summed E-state index contributed by atoms with van der Waals surface area (Å²) in [5.74, 6) is 2.05. The molecular weight excluding hydrogens is 252 g/mol. The predicted octanol–water partition coefficient (Wildman–Crippen LogP) is 3.22. The van der Waals surface area contributed by atoms with Crippen molar-refractivity contribution < 1.29 is 0 Å². The van der Waals surface area contributed by atoms with Gasteiger partial charge in [0.2, 0.25) is 0 Å². The van der Waals surface area contributed by atoms with Crippen LogP contribution in [0.2, 0.25) is 0 Å². The third-order valence-electron chi connectivity index (χ3n) is 3.72. The Bertz CT molecular complexity index is 358. The van der Waals surface area contributed by atoms with E-state index >= 15 is 0 Å². The Morgan fingerprint density at radius 2 is 2.07 bits per heavy atom. The number of nitrogens with zero attached hydrogens (tertiary/aromatic N) is 2. The number of anilines is 1. The Morgan fingerprint density at radius 1 is 1.27 bits per heavy atom. The molecule has 0 N–H and O–H groups in total. The summed E-state index contributed by atoms with van der Waals surface area (Å²) >= 11 is 3.60. The number of hydrogen-bond acceptors (Lipinski definition) is 2. The van der Waals surface area contributed by atoms with E-state index in [0.29, 0.717) is 0 Å². The van der Waals surface area contributed by atoms with Gasteiger partial charge in [-0.1, -0.05) is 0 Å². The summed E-state index contributed by atoms with van der Waals surface area (Å²) < 4.78 is 1.14. The Balaban J connectivity index is 1.91. The van der Waals surface area contributed by atoms with E-state index in [4.69, 9.17) is 0 Å². The standard InChI is InChI=1S/C12H15BrN2/c13-11-2-1-7-14-12(11)15-8-9-3-5-10(15)6-4-9/h1-2,7,9-10H,3-6,8H2. The van der Waals surface area contributed by atoms with Crippen molar-refractivity contribution >= 4 is 21.7 Å². The third kappa shape index (κ3) is 1.67.